The molecule has 0 atom stereocenters. The number of alkyl halides is 3. The molecule has 0 unspecified atom stereocenters. The zero-order valence-electron chi connectivity index (χ0n) is 12.2. The first kappa shape index (κ1) is 15.9. The van der Waals surface area contributed by atoms with Crippen LogP contribution in [0.15, 0.2) is 48.8 Å². The van der Waals surface area contributed by atoms with E-state index in [1.54, 1.807) is 29.8 Å². The summed E-state index contributed by atoms with van der Waals surface area (Å²) in [6.07, 6.45) is -1.71. The van der Waals surface area contributed by atoms with Crippen LogP contribution in [0.3, 0.4) is 0 Å². The average molecular weight is 340 g/mol. The number of para-hydroxylation sites is 2. The number of ether oxygens (including phenoxy) is 2. The van der Waals surface area contributed by atoms with Crippen LogP contribution in [-0.4, -0.2) is 18.1 Å². The first-order valence-corrected chi connectivity index (χ1v) is 6.94. The van der Waals surface area contributed by atoms with Crippen LogP contribution in [0.5, 0.6) is 11.5 Å². The van der Waals surface area contributed by atoms with Crippen molar-refractivity contribution in [2.75, 3.05) is 0 Å². The summed E-state index contributed by atoms with van der Waals surface area (Å²) in [5.74, 6) is -3.47. The predicted molar refractivity (Wildman–Crippen MR) is 74.9 cm³/mol. The molecule has 126 valence electrons. The summed E-state index contributed by atoms with van der Waals surface area (Å²) < 4.78 is 49.9. The number of aromatic amines is 1. The molecule has 2 amide bonds. The Morgan fingerprint density at radius 3 is 2.33 bits per heavy atom. The summed E-state index contributed by atoms with van der Waals surface area (Å²) in [5.41, 5.74) is 0.685. The monoisotopic (exact) mass is 340 g/mol. The van der Waals surface area contributed by atoms with Crippen LogP contribution < -0.4 is 25.1 Å². The van der Waals surface area contributed by atoms with E-state index in [9.17, 15) is 18.0 Å². The third-order valence-electron chi connectivity index (χ3n) is 3.23. The Labute approximate surface area is 134 Å². The lowest BCUT2D eigenvalue weighted by molar-refractivity contribution is -0.378. The van der Waals surface area contributed by atoms with Crippen molar-refractivity contribution in [3.63, 3.8) is 0 Å². The zero-order chi connectivity index (χ0) is 17.2. The maximum Gasteiger partial charge on any atom is 0.492 e. The Morgan fingerprint density at radius 2 is 1.79 bits per heavy atom. The number of hydrogen-bond acceptors (Lipinski definition) is 3. The highest BCUT2D eigenvalue weighted by atomic mass is 19.4. The van der Waals surface area contributed by atoms with Crippen LogP contribution in [0, 0.1) is 0 Å². The molecule has 2 aromatic rings. The molecule has 0 saturated carbocycles. The molecule has 0 spiro atoms. The second-order valence-corrected chi connectivity index (χ2v) is 4.98. The van der Waals surface area contributed by atoms with Crippen molar-refractivity contribution in [2.45, 2.75) is 18.6 Å². The summed E-state index contributed by atoms with van der Waals surface area (Å²) in [4.78, 5) is 14.7. The van der Waals surface area contributed by atoms with E-state index in [2.05, 4.69) is 10.3 Å². The molecule has 0 aliphatic carbocycles. The molecule has 0 bridgehead atoms. The highest BCUT2D eigenvalue weighted by molar-refractivity contribution is 5.74. The SMILES string of the molecule is O=C(NCc1ccc[nH+]c1)NC1(C(F)(F)F)Oc2ccccc2O1. The van der Waals surface area contributed by atoms with Gasteiger partial charge < -0.3 is 14.8 Å². The first-order chi connectivity index (χ1) is 11.4. The fourth-order valence-corrected chi connectivity index (χ4v) is 2.10. The molecule has 9 heteroatoms. The maximum atomic E-state index is 13.4. The predicted octanol–water partition coefficient (Wildman–Crippen LogP) is 1.99. The summed E-state index contributed by atoms with van der Waals surface area (Å²) in [7, 11) is 0. The minimum Gasteiger partial charge on any atom is -0.424 e. The second-order valence-electron chi connectivity index (χ2n) is 4.98. The molecule has 0 radical (unpaired) electrons. The number of carbonyl (C=O) groups is 1. The van der Waals surface area contributed by atoms with Crippen molar-refractivity contribution in [1.82, 2.24) is 10.6 Å². The number of rotatable bonds is 3. The molecule has 3 rings (SSSR count). The lowest BCUT2D eigenvalue weighted by atomic mass is 10.3. The van der Waals surface area contributed by atoms with E-state index in [4.69, 9.17) is 9.47 Å². The first-order valence-electron chi connectivity index (χ1n) is 6.94. The molecule has 0 fully saturated rings. The molecule has 2 heterocycles. The van der Waals surface area contributed by atoms with Gasteiger partial charge in [-0.25, -0.2) is 9.78 Å². The van der Waals surface area contributed by atoms with Crippen molar-refractivity contribution < 1.29 is 32.4 Å². The highest BCUT2D eigenvalue weighted by Crippen LogP contribution is 2.44. The third kappa shape index (κ3) is 3.05. The average Bonchev–Trinajstić information content (AvgIpc) is 2.93. The summed E-state index contributed by atoms with van der Waals surface area (Å²) in [6.45, 7) is 0.0318. The van der Waals surface area contributed by atoms with Gasteiger partial charge in [0, 0.05) is 11.6 Å². The molecule has 1 aromatic carbocycles. The Kier molecular flexibility index (Phi) is 3.92. The van der Waals surface area contributed by atoms with Crippen LogP contribution in [0.25, 0.3) is 0 Å². The van der Waals surface area contributed by atoms with Gasteiger partial charge in [0.05, 0.1) is 6.54 Å². The Hall–Kier alpha value is -2.97. The van der Waals surface area contributed by atoms with E-state index in [-0.39, 0.29) is 18.0 Å². The van der Waals surface area contributed by atoms with E-state index in [1.165, 1.54) is 24.3 Å². The minimum absolute atomic E-state index is 0.0318. The van der Waals surface area contributed by atoms with Crippen LogP contribution in [0.1, 0.15) is 5.56 Å². The van der Waals surface area contributed by atoms with Crippen molar-refractivity contribution in [3.05, 3.63) is 54.4 Å². The number of amides is 2. The molecule has 0 saturated heterocycles. The smallest absolute Gasteiger partial charge is 0.424 e. The Morgan fingerprint density at radius 1 is 1.12 bits per heavy atom. The number of H-pyrrole nitrogens is 1. The number of fused-ring (bicyclic) bond motifs is 1. The highest BCUT2D eigenvalue weighted by Gasteiger charge is 2.65. The van der Waals surface area contributed by atoms with Gasteiger partial charge in [-0.05, 0) is 18.2 Å². The van der Waals surface area contributed by atoms with Crippen LogP contribution >= 0.6 is 0 Å². The number of aromatic nitrogens is 1. The van der Waals surface area contributed by atoms with Crippen LogP contribution in [-0.2, 0) is 6.54 Å². The summed E-state index contributed by atoms with van der Waals surface area (Å²) in [5, 5.41) is 4.04. The lowest BCUT2D eigenvalue weighted by Gasteiger charge is -2.29. The van der Waals surface area contributed by atoms with E-state index < -0.39 is 18.1 Å². The van der Waals surface area contributed by atoms with Crippen molar-refractivity contribution in [2.24, 2.45) is 0 Å². The van der Waals surface area contributed by atoms with Crippen LogP contribution in [0.2, 0.25) is 0 Å². The molecule has 1 aliphatic heterocycles. The fraction of sp³-hybridized carbons (Fsp3) is 0.200. The molecule has 3 N–H and O–H groups in total. The fourth-order valence-electron chi connectivity index (χ4n) is 2.10. The molecule has 1 aliphatic rings. The number of carbonyl (C=O) groups excluding carboxylic acids is 1. The van der Waals surface area contributed by atoms with E-state index in [1.807, 2.05) is 0 Å². The van der Waals surface area contributed by atoms with Crippen molar-refractivity contribution in [3.8, 4) is 11.5 Å². The Bertz CT molecular complexity index is 712. The Balaban J connectivity index is 1.71. The molecule has 1 aromatic heterocycles. The molecular formula is C15H13F3N3O3+. The van der Waals surface area contributed by atoms with Gasteiger partial charge in [-0.1, -0.05) is 12.1 Å². The zero-order valence-corrected chi connectivity index (χ0v) is 12.2. The number of benzene rings is 1. The molecular weight excluding hydrogens is 327 g/mol. The van der Waals surface area contributed by atoms with Gasteiger partial charge >= 0.3 is 18.1 Å². The number of halogens is 3. The van der Waals surface area contributed by atoms with Gasteiger partial charge in [-0.15, -0.1) is 0 Å². The van der Waals surface area contributed by atoms with E-state index in [0.29, 0.717) is 5.56 Å². The number of hydrogen-bond donors (Lipinski definition) is 2. The van der Waals surface area contributed by atoms with Crippen molar-refractivity contribution >= 4 is 6.03 Å². The molecule has 24 heavy (non-hydrogen) atoms. The normalized spacial score (nSPS) is 15.0. The largest absolute Gasteiger partial charge is 0.492 e. The summed E-state index contributed by atoms with van der Waals surface area (Å²) >= 11 is 0. The van der Waals surface area contributed by atoms with Gasteiger partial charge in [0.25, 0.3) is 0 Å². The minimum atomic E-state index is -4.98. The second kappa shape index (κ2) is 5.91. The third-order valence-corrected chi connectivity index (χ3v) is 3.23. The number of urea groups is 1. The van der Waals surface area contributed by atoms with E-state index in [0.717, 1.165) is 0 Å². The van der Waals surface area contributed by atoms with Gasteiger partial charge in [0.1, 0.15) is 0 Å². The van der Waals surface area contributed by atoms with Crippen LogP contribution in [0.4, 0.5) is 18.0 Å². The lowest BCUT2D eigenvalue weighted by Crippen LogP contribution is -2.66. The van der Waals surface area contributed by atoms with Gasteiger partial charge in [0.15, 0.2) is 23.9 Å². The quantitative estimate of drug-likeness (QED) is 0.897. The van der Waals surface area contributed by atoms with E-state index >= 15 is 0 Å². The van der Waals surface area contributed by atoms with Gasteiger partial charge in [-0.3, -0.25) is 5.32 Å². The molecule has 6 nitrogen and oxygen atoms in total. The summed E-state index contributed by atoms with van der Waals surface area (Å²) in [6, 6.07) is 7.97. The van der Waals surface area contributed by atoms with Gasteiger partial charge in [-0.2, -0.15) is 13.2 Å². The number of nitrogens with one attached hydrogen (secondary N) is 3. The van der Waals surface area contributed by atoms with Gasteiger partial charge in [0.2, 0.25) is 0 Å². The standard InChI is InChI=1S/C15H12F3N3O3/c16-14(17,18)15(23-11-5-1-2-6-12(11)24-15)21-13(22)20-9-10-4-3-7-19-8-10/h1-8H,9H2,(H2,20,21,22)/p+1. The maximum absolute atomic E-state index is 13.4. The number of pyridine rings is 1. The van der Waals surface area contributed by atoms with Crippen molar-refractivity contribution in [1.29, 1.82) is 0 Å². The topological polar surface area (TPSA) is 73.7 Å².